The van der Waals surface area contributed by atoms with Crippen molar-refractivity contribution in [3.8, 4) is 0 Å². The van der Waals surface area contributed by atoms with Crippen LogP contribution in [0.25, 0.3) is 0 Å². The Morgan fingerprint density at radius 2 is 1.00 bits per heavy atom. The Bertz CT molecular complexity index is 25.2. The van der Waals surface area contributed by atoms with E-state index in [2.05, 4.69) is 0 Å². The van der Waals surface area contributed by atoms with Gasteiger partial charge in [-0.25, -0.2) is 0 Å². The molecule has 32 valence electrons. The summed E-state index contributed by atoms with van der Waals surface area (Å²) in [6.45, 7) is 0. The fraction of sp³-hybridized carbons (Fsp3) is 0. The molecule has 0 heterocycles. The van der Waals surface area contributed by atoms with E-state index in [-0.39, 0.29) is 37.7 Å². The summed E-state index contributed by atoms with van der Waals surface area (Å²) in [5.41, 5.74) is 0. The summed E-state index contributed by atoms with van der Waals surface area (Å²) in [4.78, 5) is 31.8. The molecule has 0 rings (SSSR count). The summed E-state index contributed by atoms with van der Waals surface area (Å²) < 4.78 is 0. The van der Waals surface area contributed by atoms with E-state index in [4.69, 9.17) is 19.2 Å². The summed E-state index contributed by atoms with van der Waals surface area (Å²) in [6, 6.07) is 0. The molecule has 0 aliphatic rings. The van der Waals surface area contributed by atoms with Crippen LogP contribution >= 0.6 is 0 Å². The van der Waals surface area contributed by atoms with Crippen molar-refractivity contribution in [2.24, 2.45) is 0 Å². The average Bonchev–Trinajstić information content (AvgIpc) is 0.722. The van der Waals surface area contributed by atoms with E-state index in [1.54, 1.807) is 0 Å². The summed E-state index contributed by atoms with van der Waals surface area (Å²) in [5.74, 6) is 0. The summed E-state index contributed by atoms with van der Waals surface area (Å²) in [5, 5.41) is 0. The molecule has 0 bridgehead atoms. The van der Waals surface area contributed by atoms with Gasteiger partial charge in [-0.15, -0.1) is 0 Å². The standard InChI is InChI=1S/2Li.H2O4Si/c;;1-5(2,3)4/h;;1-2H/q2*+1;-2. The third-order valence-electron chi connectivity index (χ3n) is 0. The Balaban J connectivity index is -0.0000000800. The maximum atomic E-state index is 8.80. The molecular formula is H2Li2O4Si. The average molecular weight is 108 g/mol. The van der Waals surface area contributed by atoms with Crippen LogP contribution in [0.15, 0.2) is 0 Å². The predicted molar refractivity (Wildman–Crippen MR) is 10.2 cm³/mol. The third kappa shape index (κ3) is 128. The molecule has 0 saturated heterocycles. The number of hydrogen-bond donors (Lipinski definition) is 2. The molecule has 2 N–H and O–H groups in total. The van der Waals surface area contributed by atoms with Gasteiger partial charge in [0.2, 0.25) is 0 Å². The maximum absolute atomic E-state index is 8.80. The van der Waals surface area contributed by atoms with E-state index in [1.807, 2.05) is 0 Å². The van der Waals surface area contributed by atoms with Gasteiger partial charge in [0.25, 0.3) is 0 Å². The van der Waals surface area contributed by atoms with Gasteiger partial charge in [0.05, 0.1) is 0 Å². The molecule has 0 radical (unpaired) electrons. The van der Waals surface area contributed by atoms with E-state index in [1.165, 1.54) is 0 Å². The Hall–Kier alpha value is 1.25. The van der Waals surface area contributed by atoms with Gasteiger partial charge >= 0.3 is 37.7 Å². The minimum Gasteiger partial charge on any atom is -0.828 e. The molecule has 0 amide bonds. The fourth-order valence-electron chi connectivity index (χ4n) is 0. The van der Waals surface area contributed by atoms with Crippen molar-refractivity contribution in [3.63, 3.8) is 0 Å². The van der Waals surface area contributed by atoms with Crippen molar-refractivity contribution >= 4 is 9.05 Å². The molecule has 0 aromatic rings. The first kappa shape index (κ1) is 15.7. The first-order valence-corrected chi connectivity index (χ1v) is 2.57. The zero-order valence-electron chi connectivity index (χ0n) is 4.21. The van der Waals surface area contributed by atoms with Gasteiger partial charge in [-0.2, -0.15) is 0 Å². The van der Waals surface area contributed by atoms with Crippen LogP contribution < -0.4 is 47.3 Å². The van der Waals surface area contributed by atoms with Crippen LogP contribution in [0, 0.1) is 0 Å². The van der Waals surface area contributed by atoms with Crippen molar-refractivity contribution in [3.05, 3.63) is 0 Å². The van der Waals surface area contributed by atoms with Crippen molar-refractivity contribution in [1.29, 1.82) is 0 Å². The largest absolute Gasteiger partial charge is 1.00 e. The van der Waals surface area contributed by atoms with E-state index >= 15 is 0 Å². The van der Waals surface area contributed by atoms with Gasteiger partial charge in [0.15, 0.2) is 0 Å². The smallest absolute Gasteiger partial charge is 0.828 e. The van der Waals surface area contributed by atoms with Gasteiger partial charge in [-0.3, -0.25) is 0 Å². The maximum Gasteiger partial charge on any atom is 1.00 e. The van der Waals surface area contributed by atoms with Gasteiger partial charge < -0.3 is 19.2 Å². The van der Waals surface area contributed by atoms with E-state index in [0.717, 1.165) is 0 Å². The summed E-state index contributed by atoms with van der Waals surface area (Å²) >= 11 is 0. The Labute approximate surface area is 66.0 Å². The minimum atomic E-state index is -5.11. The van der Waals surface area contributed by atoms with Crippen LogP contribution in [0.5, 0.6) is 0 Å². The molecule has 0 atom stereocenters. The Morgan fingerprint density at radius 1 is 1.00 bits per heavy atom. The molecule has 0 spiro atoms. The first-order valence-electron chi connectivity index (χ1n) is 0.855. The topological polar surface area (TPSA) is 86.6 Å². The SMILES string of the molecule is [Li+].[Li+].[O-][Si]([O-])(O)O. The molecular weight excluding hydrogens is 106 g/mol. The van der Waals surface area contributed by atoms with Gasteiger partial charge in [0.1, 0.15) is 9.05 Å². The first-order chi connectivity index (χ1) is 2.00. The molecule has 0 aliphatic carbocycles. The normalized spacial score (nSPS) is 8.57. The van der Waals surface area contributed by atoms with Crippen molar-refractivity contribution in [2.45, 2.75) is 0 Å². The molecule has 7 heteroatoms. The van der Waals surface area contributed by atoms with Crippen LogP contribution in [0.3, 0.4) is 0 Å². The number of rotatable bonds is 0. The van der Waals surface area contributed by atoms with Crippen LogP contribution in [0.4, 0.5) is 0 Å². The Kier molecular flexibility index (Phi) is 12.1. The van der Waals surface area contributed by atoms with E-state index in [9.17, 15) is 0 Å². The molecule has 0 saturated carbocycles. The molecule has 0 unspecified atom stereocenters. The molecule has 0 aromatic carbocycles. The van der Waals surface area contributed by atoms with Crippen LogP contribution in [-0.2, 0) is 0 Å². The molecule has 0 aromatic heterocycles. The molecule has 0 fully saturated rings. The minimum absolute atomic E-state index is 0. The third-order valence-corrected chi connectivity index (χ3v) is 0. The quantitative estimate of drug-likeness (QED) is 0.301. The van der Waals surface area contributed by atoms with Crippen LogP contribution in [-0.4, -0.2) is 18.6 Å². The van der Waals surface area contributed by atoms with Gasteiger partial charge in [0, 0.05) is 0 Å². The summed E-state index contributed by atoms with van der Waals surface area (Å²) in [7, 11) is -5.11. The molecule has 4 nitrogen and oxygen atoms in total. The van der Waals surface area contributed by atoms with E-state index in [0.29, 0.717) is 0 Å². The zero-order valence-corrected chi connectivity index (χ0v) is 5.21. The predicted octanol–water partition coefficient (Wildman–Crippen LogP) is -9.86. The van der Waals surface area contributed by atoms with Crippen LogP contribution in [0.1, 0.15) is 0 Å². The van der Waals surface area contributed by atoms with Crippen molar-refractivity contribution in [2.75, 3.05) is 0 Å². The molecule has 0 aliphatic heterocycles. The monoisotopic (exact) mass is 108 g/mol. The van der Waals surface area contributed by atoms with Crippen LogP contribution in [0.2, 0.25) is 0 Å². The van der Waals surface area contributed by atoms with Gasteiger partial charge in [-0.05, 0) is 0 Å². The fourth-order valence-corrected chi connectivity index (χ4v) is 0. The second-order valence-electron chi connectivity index (χ2n) is 0.548. The Morgan fingerprint density at radius 3 is 1.00 bits per heavy atom. The second-order valence-corrected chi connectivity index (χ2v) is 1.65. The van der Waals surface area contributed by atoms with Crippen molar-refractivity contribution in [1.82, 2.24) is 0 Å². The second kappa shape index (κ2) is 5.39. The summed E-state index contributed by atoms with van der Waals surface area (Å²) in [6.07, 6.45) is 0. The number of hydrogen-bond acceptors (Lipinski definition) is 4. The zero-order chi connectivity index (χ0) is 4.50. The van der Waals surface area contributed by atoms with Crippen molar-refractivity contribution < 1.29 is 56.9 Å². The van der Waals surface area contributed by atoms with E-state index < -0.39 is 9.05 Å². The van der Waals surface area contributed by atoms with Gasteiger partial charge in [-0.1, -0.05) is 0 Å². The molecule has 7 heavy (non-hydrogen) atoms.